The Morgan fingerprint density at radius 1 is 1.25 bits per heavy atom. The van der Waals surface area contributed by atoms with Crippen molar-refractivity contribution < 1.29 is 8.78 Å². The van der Waals surface area contributed by atoms with E-state index in [4.69, 9.17) is 5.73 Å². The molecule has 0 atom stereocenters. The zero-order valence-electron chi connectivity index (χ0n) is 8.53. The summed E-state index contributed by atoms with van der Waals surface area (Å²) in [4.78, 5) is 4.04. The van der Waals surface area contributed by atoms with E-state index < -0.39 is 11.6 Å². The van der Waals surface area contributed by atoms with Gasteiger partial charge in [0.15, 0.2) is 11.6 Å². The fourth-order valence-electron chi connectivity index (χ4n) is 1.51. The molecule has 0 fully saturated rings. The van der Waals surface area contributed by atoms with Crippen molar-refractivity contribution in [3.05, 3.63) is 53.6 Å². The van der Waals surface area contributed by atoms with Crippen molar-refractivity contribution >= 4 is 0 Å². The summed E-state index contributed by atoms with van der Waals surface area (Å²) in [5.41, 5.74) is 6.16. The first kappa shape index (κ1) is 10.8. The Hall–Kier alpha value is -1.75. The number of benzene rings is 1. The van der Waals surface area contributed by atoms with E-state index in [0.29, 0.717) is 24.5 Å². The van der Waals surface area contributed by atoms with E-state index in [9.17, 15) is 8.78 Å². The maximum Gasteiger partial charge on any atom is 0.159 e. The Bertz CT molecular complexity index is 494. The Balaban J connectivity index is 2.24. The lowest BCUT2D eigenvalue weighted by Crippen LogP contribution is -2.09. The van der Waals surface area contributed by atoms with Crippen LogP contribution in [-0.2, 0) is 13.1 Å². The van der Waals surface area contributed by atoms with Gasteiger partial charge in [-0.05, 0) is 17.7 Å². The number of halogens is 2. The fraction of sp³-hybridized carbons (Fsp3) is 0.182. The van der Waals surface area contributed by atoms with Gasteiger partial charge >= 0.3 is 0 Å². The van der Waals surface area contributed by atoms with Gasteiger partial charge in [0.1, 0.15) is 5.82 Å². The quantitative estimate of drug-likeness (QED) is 0.860. The predicted molar refractivity (Wildman–Crippen MR) is 55.6 cm³/mol. The van der Waals surface area contributed by atoms with Crippen LogP contribution < -0.4 is 5.73 Å². The van der Waals surface area contributed by atoms with Crippen LogP contribution in [-0.4, -0.2) is 9.55 Å². The van der Waals surface area contributed by atoms with Crippen LogP contribution >= 0.6 is 0 Å². The molecule has 0 saturated heterocycles. The molecule has 2 rings (SSSR count). The molecule has 0 radical (unpaired) electrons. The molecule has 0 bridgehead atoms. The Morgan fingerprint density at radius 2 is 2.06 bits per heavy atom. The summed E-state index contributed by atoms with van der Waals surface area (Å²) in [6, 6.07) is 3.83. The fourth-order valence-corrected chi connectivity index (χ4v) is 1.51. The van der Waals surface area contributed by atoms with Gasteiger partial charge in [-0.25, -0.2) is 13.8 Å². The van der Waals surface area contributed by atoms with Gasteiger partial charge in [0.25, 0.3) is 0 Å². The number of aromatic nitrogens is 2. The third kappa shape index (κ3) is 2.09. The third-order valence-corrected chi connectivity index (χ3v) is 2.32. The molecule has 2 N–H and O–H groups in total. The maximum atomic E-state index is 13.0. The van der Waals surface area contributed by atoms with Crippen molar-refractivity contribution in [2.45, 2.75) is 13.1 Å². The largest absolute Gasteiger partial charge is 0.329 e. The Labute approximate surface area is 91.5 Å². The van der Waals surface area contributed by atoms with Crippen molar-refractivity contribution in [2.75, 3.05) is 0 Å². The van der Waals surface area contributed by atoms with Gasteiger partial charge in [-0.2, -0.15) is 0 Å². The molecule has 3 nitrogen and oxygen atoms in total. The highest BCUT2D eigenvalue weighted by Gasteiger charge is 2.05. The number of nitrogens with two attached hydrogens (primary N) is 1. The van der Waals surface area contributed by atoms with Gasteiger partial charge in [0.05, 0.1) is 6.54 Å². The second kappa shape index (κ2) is 4.40. The number of nitrogens with zero attached hydrogens (tertiary/aromatic N) is 2. The summed E-state index contributed by atoms with van der Waals surface area (Å²) in [5.74, 6) is -0.968. The molecule has 0 aliphatic rings. The standard InChI is InChI=1S/C11H11F2N3/c12-9-2-1-8(5-10(9)13)7-16-4-3-15-11(16)6-14/h1-5H,6-7,14H2. The average Bonchev–Trinajstić information content (AvgIpc) is 2.71. The van der Waals surface area contributed by atoms with E-state index in [1.165, 1.54) is 6.07 Å². The summed E-state index contributed by atoms with van der Waals surface area (Å²) < 4.78 is 27.5. The number of imidazole rings is 1. The molecule has 84 valence electrons. The summed E-state index contributed by atoms with van der Waals surface area (Å²) in [6.45, 7) is 0.750. The highest BCUT2D eigenvalue weighted by atomic mass is 19.2. The van der Waals surface area contributed by atoms with Crippen LogP contribution in [0.25, 0.3) is 0 Å². The lowest BCUT2D eigenvalue weighted by molar-refractivity contribution is 0.506. The minimum atomic E-state index is -0.841. The molecule has 16 heavy (non-hydrogen) atoms. The number of rotatable bonds is 3. The van der Waals surface area contributed by atoms with Crippen molar-refractivity contribution in [3.8, 4) is 0 Å². The Kier molecular flexibility index (Phi) is 2.96. The molecule has 0 amide bonds. The smallest absolute Gasteiger partial charge is 0.159 e. The topological polar surface area (TPSA) is 43.8 Å². The van der Waals surface area contributed by atoms with E-state index in [-0.39, 0.29) is 0 Å². The van der Waals surface area contributed by atoms with Crippen LogP contribution in [0.4, 0.5) is 8.78 Å². The second-order valence-corrected chi connectivity index (χ2v) is 3.42. The maximum absolute atomic E-state index is 13.0. The minimum absolute atomic E-state index is 0.316. The third-order valence-electron chi connectivity index (χ3n) is 2.32. The lowest BCUT2D eigenvalue weighted by Gasteiger charge is -2.06. The van der Waals surface area contributed by atoms with Crippen molar-refractivity contribution in [1.29, 1.82) is 0 Å². The van der Waals surface area contributed by atoms with Crippen molar-refractivity contribution in [2.24, 2.45) is 5.73 Å². The first-order chi connectivity index (χ1) is 7.70. The van der Waals surface area contributed by atoms with Crippen LogP contribution in [0.3, 0.4) is 0 Å². The number of hydrogen-bond acceptors (Lipinski definition) is 2. The highest BCUT2D eigenvalue weighted by molar-refractivity contribution is 5.18. The molecular formula is C11H11F2N3. The second-order valence-electron chi connectivity index (χ2n) is 3.42. The highest BCUT2D eigenvalue weighted by Crippen LogP contribution is 2.11. The molecule has 0 saturated carbocycles. The van der Waals surface area contributed by atoms with Gasteiger partial charge < -0.3 is 10.3 Å². The SMILES string of the molecule is NCc1nccn1Cc1ccc(F)c(F)c1. The van der Waals surface area contributed by atoms with Crippen LogP contribution in [0, 0.1) is 11.6 Å². The normalized spacial score (nSPS) is 10.7. The summed E-state index contributed by atoms with van der Waals surface area (Å²) in [6.07, 6.45) is 3.38. The number of hydrogen-bond donors (Lipinski definition) is 1. The summed E-state index contributed by atoms with van der Waals surface area (Å²) >= 11 is 0. The van der Waals surface area contributed by atoms with Crippen molar-refractivity contribution in [1.82, 2.24) is 9.55 Å². The van der Waals surface area contributed by atoms with Gasteiger partial charge in [-0.1, -0.05) is 6.07 Å². The van der Waals surface area contributed by atoms with E-state index in [1.54, 1.807) is 23.0 Å². The molecule has 1 aromatic heterocycles. The molecule has 0 spiro atoms. The zero-order valence-corrected chi connectivity index (χ0v) is 8.53. The van der Waals surface area contributed by atoms with E-state index in [0.717, 1.165) is 6.07 Å². The van der Waals surface area contributed by atoms with Gasteiger partial charge in [0.2, 0.25) is 0 Å². The molecule has 0 aliphatic carbocycles. The molecule has 5 heteroatoms. The van der Waals surface area contributed by atoms with E-state index >= 15 is 0 Å². The average molecular weight is 223 g/mol. The van der Waals surface area contributed by atoms with Crippen LogP contribution in [0.1, 0.15) is 11.4 Å². The first-order valence-corrected chi connectivity index (χ1v) is 4.84. The molecule has 1 heterocycles. The van der Waals surface area contributed by atoms with Crippen LogP contribution in [0.15, 0.2) is 30.6 Å². The monoisotopic (exact) mass is 223 g/mol. The lowest BCUT2D eigenvalue weighted by atomic mass is 10.2. The molecular weight excluding hydrogens is 212 g/mol. The van der Waals surface area contributed by atoms with Gasteiger partial charge in [-0.15, -0.1) is 0 Å². The molecule has 0 unspecified atom stereocenters. The minimum Gasteiger partial charge on any atom is -0.329 e. The molecule has 1 aromatic carbocycles. The van der Waals surface area contributed by atoms with Gasteiger partial charge in [-0.3, -0.25) is 0 Å². The molecule has 2 aromatic rings. The van der Waals surface area contributed by atoms with Crippen LogP contribution in [0.5, 0.6) is 0 Å². The summed E-state index contributed by atoms with van der Waals surface area (Å²) in [5, 5.41) is 0. The van der Waals surface area contributed by atoms with Crippen molar-refractivity contribution in [3.63, 3.8) is 0 Å². The van der Waals surface area contributed by atoms with E-state index in [2.05, 4.69) is 4.98 Å². The molecule has 0 aliphatic heterocycles. The van der Waals surface area contributed by atoms with Crippen LogP contribution in [0.2, 0.25) is 0 Å². The zero-order chi connectivity index (χ0) is 11.5. The summed E-state index contributed by atoms with van der Waals surface area (Å²) in [7, 11) is 0. The predicted octanol–water partition coefficient (Wildman–Crippen LogP) is 1.67. The van der Waals surface area contributed by atoms with Gasteiger partial charge in [0, 0.05) is 18.9 Å². The Morgan fingerprint density at radius 3 is 2.75 bits per heavy atom. The van der Waals surface area contributed by atoms with E-state index in [1.807, 2.05) is 0 Å². The first-order valence-electron chi connectivity index (χ1n) is 4.84.